The molecule has 4 rings (SSSR count). The summed E-state index contributed by atoms with van der Waals surface area (Å²) < 4.78 is 12.7. The van der Waals surface area contributed by atoms with Gasteiger partial charge in [-0.05, 0) is 31.0 Å². The maximum atomic E-state index is 12.1. The number of nitrogens with zero attached hydrogens (tertiary/aromatic N) is 3. The number of carbonyl (C=O) groups excluding carboxylic acids is 1. The van der Waals surface area contributed by atoms with Crippen LogP contribution in [0.2, 0.25) is 0 Å². The third-order valence-electron chi connectivity index (χ3n) is 4.86. The molecule has 0 saturated carbocycles. The Labute approximate surface area is 140 Å². The van der Waals surface area contributed by atoms with Gasteiger partial charge in [-0.2, -0.15) is 5.10 Å². The molecule has 0 aliphatic carbocycles. The van der Waals surface area contributed by atoms with Gasteiger partial charge < -0.3 is 14.5 Å². The Balaban J connectivity index is 1.44. The van der Waals surface area contributed by atoms with Crippen molar-refractivity contribution in [1.82, 2.24) is 20.0 Å². The van der Waals surface area contributed by atoms with Gasteiger partial charge in [0.25, 0.3) is 5.91 Å². The zero-order chi connectivity index (χ0) is 16.4. The summed E-state index contributed by atoms with van der Waals surface area (Å²) in [5, 5.41) is 7.41. The van der Waals surface area contributed by atoms with Crippen molar-refractivity contribution in [3.8, 4) is 0 Å². The van der Waals surface area contributed by atoms with Gasteiger partial charge in [-0.1, -0.05) is 0 Å². The Morgan fingerprint density at radius 3 is 3.00 bits per heavy atom. The van der Waals surface area contributed by atoms with E-state index in [-0.39, 0.29) is 11.9 Å². The molecule has 0 spiro atoms. The Hall–Kier alpha value is -2.12. The largest absolute Gasteiger partial charge is 0.459 e. The molecule has 2 aromatic rings. The van der Waals surface area contributed by atoms with E-state index in [1.165, 1.54) is 12.0 Å². The molecule has 0 radical (unpaired) electrons. The number of rotatable bonds is 4. The van der Waals surface area contributed by atoms with Crippen LogP contribution in [0.1, 0.15) is 35.1 Å². The van der Waals surface area contributed by atoms with Crippen molar-refractivity contribution in [2.45, 2.75) is 31.5 Å². The normalized spacial score (nSPS) is 22.2. The van der Waals surface area contributed by atoms with Crippen LogP contribution in [0.25, 0.3) is 0 Å². The topological polar surface area (TPSA) is 72.5 Å². The molecular formula is C17H22N4O3. The van der Waals surface area contributed by atoms with E-state index >= 15 is 0 Å². The van der Waals surface area contributed by atoms with E-state index in [1.54, 1.807) is 12.1 Å². The monoisotopic (exact) mass is 330 g/mol. The van der Waals surface area contributed by atoms with Gasteiger partial charge in [0.1, 0.15) is 0 Å². The number of fused-ring (bicyclic) bond motifs is 1. The first kappa shape index (κ1) is 15.4. The molecule has 1 unspecified atom stereocenters. The van der Waals surface area contributed by atoms with E-state index in [1.807, 2.05) is 10.9 Å². The molecule has 0 bridgehead atoms. The first-order valence-electron chi connectivity index (χ1n) is 8.47. The van der Waals surface area contributed by atoms with E-state index in [0.29, 0.717) is 18.3 Å². The van der Waals surface area contributed by atoms with Crippen molar-refractivity contribution in [2.75, 3.05) is 26.3 Å². The smallest absolute Gasteiger partial charge is 0.287 e. The molecular weight excluding hydrogens is 308 g/mol. The highest BCUT2D eigenvalue weighted by Crippen LogP contribution is 2.25. The van der Waals surface area contributed by atoms with E-state index in [4.69, 9.17) is 9.15 Å². The number of hydrogen-bond acceptors (Lipinski definition) is 5. The number of hydrogen-bond donors (Lipinski definition) is 1. The second-order valence-electron chi connectivity index (χ2n) is 6.38. The van der Waals surface area contributed by atoms with Crippen LogP contribution in [-0.2, 0) is 11.3 Å². The van der Waals surface area contributed by atoms with E-state index < -0.39 is 0 Å². The zero-order valence-electron chi connectivity index (χ0n) is 13.6. The third-order valence-corrected chi connectivity index (χ3v) is 4.86. The highest BCUT2D eigenvalue weighted by Gasteiger charge is 2.31. The van der Waals surface area contributed by atoms with Gasteiger partial charge in [-0.3, -0.25) is 14.4 Å². The van der Waals surface area contributed by atoms with Crippen LogP contribution in [-0.4, -0.2) is 52.9 Å². The lowest BCUT2D eigenvalue weighted by Gasteiger charge is -2.40. The molecule has 1 fully saturated rings. The summed E-state index contributed by atoms with van der Waals surface area (Å²) in [4.78, 5) is 14.6. The predicted octanol–water partition coefficient (Wildman–Crippen LogP) is 1.44. The van der Waals surface area contributed by atoms with Crippen molar-refractivity contribution < 1.29 is 13.9 Å². The number of furan rings is 1. The van der Waals surface area contributed by atoms with Crippen molar-refractivity contribution in [2.24, 2.45) is 0 Å². The minimum Gasteiger partial charge on any atom is -0.459 e. The Kier molecular flexibility index (Phi) is 4.36. The molecule has 2 aliphatic heterocycles. The molecule has 2 aromatic heterocycles. The van der Waals surface area contributed by atoms with Crippen LogP contribution < -0.4 is 5.32 Å². The predicted molar refractivity (Wildman–Crippen MR) is 86.6 cm³/mol. The van der Waals surface area contributed by atoms with Crippen LogP contribution in [0.15, 0.2) is 35.1 Å². The highest BCUT2D eigenvalue weighted by molar-refractivity contribution is 5.91. The van der Waals surface area contributed by atoms with Gasteiger partial charge in [0.05, 0.1) is 18.0 Å². The van der Waals surface area contributed by atoms with Gasteiger partial charge in [0.2, 0.25) is 0 Å². The molecule has 2 aliphatic rings. The molecule has 1 N–H and O–H groups in total. The molecule has 1 saturated heterocycles. The summed E-state index contributed by atoms with van der Waals surface area (Å²) >= 11 is 0. The fraction of sp³-hybridized carbons (Fsp3) is 0.529. The van der Waals surface area contributed by atoms with Crippen LogP contribution in [0.4, 0.5) is 0 Å². The lowest BCUT2D eigenvalue weighted by Crippen LogP contribution is -2.48. The molecule has 24 heavy (non-hydrogen) atoms. The van der Waals surface area contributed by atoms with Gasteiger partial charge in [0.15, 0.2) is 5.76 Å². The van der Waals surface area contributed by atoms with Gasteiger partial charge >= 0.3 is 0 Å². The summed E-state index contributed by atoms with van der Waals surface area (Å²) in [6.07, 6.45) is 5.48. The summed E-state index contributed by atoms with van der Waals surface area (Å²) in [6, 6.07) is 6.13. The van der Waals surface area contributed by atoms with Crippen LogP contribution >= 0.6 is 0 Å². The van der Waals surface area contributed by atoms with E-state index in [2.05, 4.69) is 21.4 Å². The lowest BCUT2D eigenvalue weighted by molar-refractivity contribution is 0.0166. The summed E-state index contributed by atoms with van der Waals surface area (Å²) in [6.45, 7) is 4.00. The quantitative estimate of drug-likeness (QED) is 0.918. The van der Waals surface area contributed by atoms with Gasteiger partial charge in [0, 0.05) is 45.1 Å². The van der Waals surface area contributed by atoms with E-state index in [0.717, 1.165) is 39.1 Å². The molecule has 7 heteroatoms. The second-order valence-corrected chi connectivity index (χ2v) is 6.38. The number of nitrogens with one attached hydrogen (secondary N) is 1. The molecule has 1 amide bonds. The molecule has 1 atom stereocenters. The first-order valence-corrected chi connectivity index (χ1v) is 8.47. The Morgan fingerprint density at radius 2 is 2.21 bits per heavy atom. The fourth-order valence-corrected chi connectivity index (χ4v) is 3.60. The minimum atomic E-state index is -0.183. The standard InChI is InChI=1S/C17H22N4O3/c22-17(16-2-1-7-24-16)18-10-15-12-20(13-4-8-23-9-5-13)11-14-3-6-19-21(14)15/h1-3,6-7,13,15H,4-5,8-12H2,(H,18,22). The maximum absolute atomic E-state index is 12.1. The number of ether oxygens (including phenoxy) is 1. The fourth-order valence-electron chi connectivity index (χ4n) is 3.60. The number of carbonyl (C=O) groups is 1. The number of amides is 1. The summed E-state index contributed by atoms with van der Waals surface area (Å²) in [5.41, 5.74) is 1.20. The van der Waals surface area contributed by atoms with Crippen LogP contribution in [0, 0.1) is 0 Å². The van der Waals surface area contributed by atoms with Crippen LogP contribution in [0.3, 0.4) is 0 Å². The zero-order valence-corrected chi connectivity index (χ0v) is 13.6. The number of aromatic nitrogens is 2. The molecule has 4 heterocycles. The highest BCUT2D eigenvalue weighted by atomic mass is 16.5. The third kappa shape index (κ3) is 3.09. The van der Waals surface area contributed by atoms with Crippen molar-refractivity contribution in [3.63, 3.8) is 0 Å². The molecule has 7 nitrogen and oxygen atoms in total. The Bertz CT molecular complexity index is 676. The first-order chi connectivity index (χ1) is 11.8. The van der Waals surface area contributed by atoms with Gasteiger partial charge in [-0.25, -0.2) is 0 Å². The average Bonchev–Trinajstić information content (AvgIpc) is 3.31. The molecule has 0 aromatic carbocycles. The van der Waals surface area contributed by atoms with Crippen molar-refractivity contribution in [3.05, 3.63) is 42.1 Å². The molecule has 128 valence electrons. The SMILES string of the molecule is O=C(NCC1CN(C2CCOCC2)Cc2ccnn21)c1ccco1. The summed E-state index contributed by atoms with van der Waals surface area (Å²) in [5.74, 6) is 0.157. The van der Waals surface area contributed by atoms with Crippen molar-refractivity contribution >= 4 is 5.91 Å². The average molecular weight is 330 g/mol. The Morgan fingerprint density at radius 1 is 1.33 bits per heavy atom. The lowest BCUT2D eigenvalue weighted by atomic mass is 10.0. The van der Waals surface area contributed by atoms with Crippen LogP contribution in [0.5, 0.6) is 0 Å². The van der Waals surface area contributed by atoms with Crippen molar-refractivity contribution in [1.29, 1.82) is 0 Å². The second kappa shape index (κ2) is 6.78. The van der Waals surface area contributed by atoms with E-state index in [9.17, 15) is 4.79 Å². The maximum Gasteiger partial charge on any atom is 0.287 e. The van der Waals surface area contributed by atoms with Gasteiger partial charge in [-0.15, -0.1) is 0 Å². The summed E-state index contributed by atoms with van der Waals surface area (Å²) in [7, 11) is 0. The minimum absolute atomic E-state index is 0.130.